The molecule has 1 aromatic carbocycles. The lowest BCUT2D eigenvalue weighted by atomic mass is 9.97. The first kappa shape index (κ1) is 18.6. The van der Waals surface area contributed by atoms with Gasteiger partial charge in [-0.1, -0.05) is 24.3 Å². The highest BCUT2D eigenvalue weighted by Gasteiger charge is 2.39. The molecule has 0 saturated carbocycles. The largest absolute Gasteiger partial charge is 0.480 e. The number of aliphatic carboxylic acids is 1. The van der Waals surface area contributed by atoms with Gasteiger partial charge in [0.05, 0.1) is 11.8 Å². The van der Waals surface area contributed by atoms with Crippen molar-refractivity contribution in [1.82, 2.24) is 4.90 Å². The van der Waals surface area contributed by atoms with E-state index in [-0.39, 0.29) is 24.7 Å². The van der Waals surface area contributed by atoms with Gasteiger partial charge in [0, 0.05) is 12.8 Å². The lowest BCUT2D eigenvalue weighted by Gasteiger charge is -2.12. The molecule has 1 heterocycles. The van der Waals surface area contributed by atoms with Crippen LogP contribution in [-0.2, 0) is 27.2 Å². The number of hydrogen-bond donors (Lipinski definition) is 3. The molecular formula is C15H18ClN3O4. The molecule has 1 atom stereocenters. The van der Waals surface area contributed by atoms with E-state index in [1.807, 2.05) is 24.3 Å². The Kier molecular flexibility index (Phi) is 6.27. The number of hydrogen-bond acceptors (Lipinski definition) is 4. The number of amidine groups is 1. The minimum atomic E-state index is -1.20. The topological polar surface area (TPSA) is 125 Å². The second-order valence-electron chi connectivity index (χ2n) is 5.34. The summed E-state index contributed by atoms with van der Waals surface area (Å²) >= 11 is 0. The highest BCUT2D eigenvalue weighted by atomic mass is 35.5. The number of imide groups is 1. The standard InChI is InChI=1S/C15H17N3O4.ClH/c16-12(17)6-10-3-1-9(2-4-10)5-11-7-13(19)18(15(11)22)8-14(20)21;/h1-4,11H,5-8H2,(H3,16,17)(H,20,21);1H. The summed E-state index contributed by atoms with van der Waals surface area (Å²) in [6.45, 7) is -0.578. The molecule has 0 aliphatic carbocycles. The van der Waals surface area contributed by atoms with Gasteiger partial charge in [-0.05, 0) is 17.5 Å². The van der Waals surface area contributed by atoms with Gasteiger partial charge in [-0.15, -0.1) is 12.4 Å². The first-order valence-electron chi connectivity index (χ1n) is 6.83. The Bertz CT molecular complexity index is 630. The van der Waals surface area contributed by atoms with Gasteiger partial charge in [-0.2, -0.15) is 0 Å². The number of carbonyl (C=O) groups excluding carboxylic acids is 2. The molecular weight excluding hydrogens is 322 g/mol. The molecule has 2 rings (SSSR count). The number of carboxylic acid groups (broad SMARTS) is 1. The van der Waals surface area contributed by atoms with E-state index < -0.39 is 30.2 Å². The molecule has 1 fully saturated rings. The van der Waals surface area contributed by atoms with Gasteiger partial charge in [0.15, 0.2) is 0 Å². The molecule has 0 spiro atoms. The van der Waals surface area contributed by atoms with Crippen LogP contribution >= 0.6 is 12.4 Å². The summed E-state index contributed by atoms with van der Waals surface area (Å²) in [5.74, 6) is -2.50. The molecule has 0 aromatic heterocycles. The zero-order valence-corrected chi connectivity index (χ0v) is 13.1. The molecule has 2 amide bonds. The highest BCUT2D eigenvalue weighted by molar-refractivity contribution is 6.05. The number of rotatable bonds is 6. The van der Waals surface area contributed by atoms with Crippen molar-refractivity contribution in [2.45, 2.75) is 19.3 Å². The summed E-state index contributed by atoms with van der Waals surface area (Å²) in [4.78, 5) is 35.2. The van der Waals surface area contributed by atoms with Crippen LogP contribution in [0.1, 0.15) is 17.5 Å². The van der Waals surface area contributed by atoms with E-state index in [4.69, 9.17) is 16.2 Å². The molecule has 23 heavy (non-hydrogen) atoms. The van der Waals surface area contributed by atoms with Crippen molar-refractivity contribution in [2.75, 3.05) is 6.54 Å². The van der Waals surface area contributed by atoms with E-state index in [0.29, 0.717) is 12.8 Å². The number of benzene rings is 1. The lowest BCUT2D eigenvalue weighted by Crippen LogP contribution is -2.35. The number of nitrogens with one attached hydrogen (secondary N) is 1. The first-order valence-corrected chi connectivity index (χ1v) is 6.83. The Morgan fingerprint density at radius 3 is 2.35 bits per heavy atom. The Labute approximate surface area is 139 Å². The quantitative estimate of drug-likeness (QED) is 0.397. The maximum absolute atomic E-state index is 12.1. The number of likely N-dealkylation sites (tertiary alicyclic amines) is 1. The molecule has 0 bridgehead atoms. The normalized spacial score (nSPS) is 17.0. The van der Waals surface area contributed by atoms with Crippen LogP contribution in [0.5, 0.6) is 0 Å². The Morgan fingerprint density at radius 1 is 1.26 bits per heavy atom. The Hall–Kier alpha value is -2.41. The minimum Gasteiger partial charge on any atom is -0.480 e. The third-order valence-electron chi connectivity index (χ3n) is 3.53. The van der Waals surface area contributed by atoms with Crippen LogP contribution in [0.15, 0.2) is 24.3 Å². The monoisotopic (exact) mass is 339 g/mol. The van der Waals surface area contributed by atoms with Crippen molar-refractivity contribution in [3.05, 3.63) is 35.4 Å². The van der Waals surface area contributed by atoms with Gasteiger partial charge in [0.2, 0.25) is 11.8 Å². The van der Waals surface area contributed by atoms with Crippen molar-refractivity contribution in [3.8, 4) is 0 Å². The summed E-state index contributed by atoms with van der Waals surface area (Å²) in [7, 11) is 0. The van der Waals surface area contributed by atoms with Crippen LogP contribution < -0.4 is 5.73 Å². The van der Waals surface area contributed by atoms with Crippen LogP contribution in [0.25, 0.3) is 0 Å². The molecule has 1 aliphatic rings. The zero-order valence-electron chi connectivity index (χ0n) is 12.3. The molecule has 8 heteroatoms. The number of carbonyl (C=O) groups is 3. The van der Waals surface area contributed by atoms with Crippen LogP contribution in [0.3, 0.4) is 0 Å². The molecule has 1 aliphatic heterocycles. The summed E-state index contributed by atoms with van der Waals surface area (Å²) < 4.78 is 0. The predicted molar refractivity (Wildman–Crippen MR) is 85.5 cm³/mol. The molecule has 1 unspecified atom stereocenters. The highest BCUT2D eigenvalue weighted by Crippen LogP contribution is 2.23. The van der Waals surface area contributed by atoms with Crippen LogP contribution in [0.4, 0.5) is 0 Å². The summed E-state index contributed by atoms with van der Waals surface area (Å²) in [5, 5.41) is 15.9. The number of nitrogens with zero attached hydrogens (tertiary/aromatic N) is 1. The molecule has 7 nitrogen and oxygen atoms in total. The lowest BCUT2D eigenvalue weighted by molar-refractivity contribution is -0.149. The maximum Gasteiger partial charge on any atom is 0.323 e. The second-order valence-corrected chi connectivity index (χ2v) is 5.34. The number of carboxylic acids is 1. The van der Waals surface area contributed by atoms with Gasteiger partial charge < -0.3 is 10.8 Å². The van der Waals surface area contributed by atoms with Gasteiger partial charge in [0.1, 0.15) is 6.54 Å². The molecule has 1 saturated heterocycles. The minimum absolute atomic E-state index is 0. The van der Waals surface area contributed by atoms with E-state index in [1.165, 1.54) is 0 Å². The van der Waals surface area contributed by atoms with Gasteiger partial charge in [0.25, 0.3) is 0 Å². The Morgan fingerprint density at radius 2 is 1.83 bits per heavy atom. The third kappa shape index (κ3) is 4.79. The first-order chi connectivity index (χ1) is 10.4. The van der Waals surface area contributed by atoms with E-state index >= 15 is 0 Å². The van der Waals surface area contributed by atoms with E-state index in [0.717, 1.165) is 16.0 Å². The average Bonchev–Trinajstić information content (AvgIpc) is 2.68. The summed E-state index contributed by atoms with van der Waals surface area (Å²) in [6.07, 6.45) is 0.801. The molecule has 1 aromatic rings. The predicted octanol–water partition coefficient (Wildman–Crippen LogP) is 0.589. The second kappa shape index (κ2) is 7.73. The van der Waals surface area contributed by atoms with Crippen LogP contribution in [0, 0.1) is 11.3 Å². The van der Waals surface area contributed by atoms with Crippen LogP contribution in [-0.4, -0.2) is 40.2 Å². The number of amides is 2. The van der Waals surface area contributed by atoms with Crippen molar-refractivity contribution >= 4 is 36.0 Å². The van der Waals surface area contributed by atoms with Crippen LogP contribution in [0.2, 0.25) is 0 Å². The molecule has 124 valence electrons. The van der Waals surface area contributed by atoms with Crippen molar-refractivity contribution in [2.24, 2.45) is 11.7 Å². The van der Waals surface area contributed by atoms with Gasteiger partial charge in [-0.25, -0.2) is 0 Å². The Balaban J connectivity index is 0.00000264. The fraction of sp³-hybridized carbons (Fsp3) is 0.333. The summed E-state index contributed by atoms with van der Waals surface area (Å²) in [6, 6.07) is 7.31. The van der Waals surface area contributed by atoms with Crippen molar-refractivity contribution < 1.29 is 19.5 Å². The SMILES string of the molecule is Cl.N=C(N)Cc1ccc(CC2CC(=O)N(CC(=O)O)C2=O)cc1. The van der Waals surface area contributed by atoms with E-state index in [1.54, 1.807) is 0 Å². The van der Waals surface area contributed by atoms with Crippen molar-refractivity contribution in [1.29, 1.82) is 5.41 Å². The van der Waals surface area contributed by atoms with E-state index in [2.05, 4.69) is 0 Å². The molecule has 4 N–H and O–H groups in total. The average molecular weight is 340 g/mol. The number of nitrogens with two attached hydrogens (primary N) is 1. The van der Waals surface area contributed by atoms with Gasteiger partial charge >= 0.3 is 5.97 Å². The van der Waals surface area contributed by atoms with E-state index in [9.17, 15) is 14.4 Å². The zero-order chi connectivity index (χ0) is 16.3. The molecule has 0 radical (unpaired) electrons. The fourth-order valence-electron chi connectivity index (χ4n) is 2.51. The summed E-state index contributed by atoms with van der Waals surface area (Å²) in [5.41, 5.74) is 7.12. The van der Waals surface area contributed by atoms with Gasteiger partial charge in [-0.3, -0.25) is 24.7 Å². The number of halogens is 1. The third-order valence-corrected chi connectivity index (χ3v) is 3.53. The smallest absolute Gasteiger partial charge is 0.323 e. The van der Waals surface area contributed by atoms with Crippen molar-refractivity contribution in [3.63, 3.8) is 0 Å². The maximum atomic E-state index is 12.1. The fourth-order valence-corrected chi connectivity index (χ4v) is 2.51.